The van der Waals surface area contributed by atoms with Crippen LogP contribution >= 0.6 is 27.5 Å². The normalized spacial score (nSPS) is 17.3. The number of halogens is 1. The number of fused-ring (bicyclic) bond motifs is 2. The van der Waals surface area contributed by atoms with E-state index in [1.807, 2.05) is 7.11 Å². The highest BCUT2D eigenvalue weighted by Gasteiger charge is 2.49. The van der Waals surface area contributed by atoms with Gasteiger partial charge in [-0.05, 0) is 109 Å². The zero-order valence-electron chi connectivity index (χ0n) is 29.6. The maximum atomic E-state index is 6.41. The molecule has 1 nitrogen and oxygen atoms in total. The van der Waals surface area contributed by atoms with Crippen molar-refractivity contribution in [2.75, 3.05) is 19.6 Å². The van der Waals surface area contributed by atoms with Crippen molar-refractivity contribution in [2.45, 2.75) is 77.9 Å². The van der Waals surface area contributed by atoms with E-state index in [9.17, 15) is 0 Å². The number of ether oxygens (including phenoxy) is 1. The Morgan fingerprint density at radius 2 is 1.35 bits per heavy atom. The molecule has 0 aliphatic heterocycles. The molecule has 3 heteroatoms. The molecule has 0 spiro atoms. The van der Waals surface area contributed by atoms with Gasteiger partial charge in [0.15, 0.2) is 0 Å². The largest absolute Gasteiger partial charge is 0.496 e. The predicted octanol–water partition coefficient (Wildman–Crippen LogP) is 12.8. The van der Waals surface area contributed by atoms with Crippen LogP contribution in [0.4, 0.5) is 0 Å². The summed E-state index contributed by atoms with van der Waals surface area (Å²) in [7, 11) is 1.86. The van der Waals surface area contributed by atoms with Crippen LogP contribution < -0.4 is 4.74 Å². The van der Waals surface area contributed by atoms with Gasteiger partial charge in [0.05, 0.1) is 7.11 Å². The van der Waals surface area contributed by atoms with E-state index in [0.29, 0.717) is 5.25 Å². The van der Waals surface area contributed by atoms with Crippen LogP contribution in [0.25, 0.3) is 33.2 Å². The number of allylic oxidation sites excluding steroid dienone is 1. The maximum absolute atomic E-state index is 6.41. The number of methoxy groups -OCH3 is 1. The Morgan fingerprint density at radius 1 is 0.761 bits per heavy atom. The van der Waals surface area contributed by atoms with Gasteiger partial charge in [0.1, 0.15) is 5.75 Å². The smallest absolute Gasteiger partial charge is 0.131 e. The first-order chi connectivity index (χ1) is 21.4. The monoisotopic (exact) mass is 742 g/mol. The quantitative estimate of drug-likeness (QED) is 0.158. The Hall–Kier alpha value is -2.76. The van der Waals surface area contributed by atoms with Crippen molar-refractivity contribution in [3.05, 3.63) is 123 Å². The molecule has 4 aromatic carbocycles. The average Bonchev–Trinajstić information content (AvgIpc) is 3.51. The van der Waals surface area contributed by atoms with Gasteiger partial charge < -0.3 is 4.74 Å². The van der Waals surface area contributed by atoms with Crippen LogP contribution in [0, 0.1) is 0 Å². The molecule has 46 heavy (non-hydrogen) atoms. The topological polar surface area (TPSA) is 9.23 Å². The fraction of sp³-hybridized carbons (Fsp3) is 0.349. The number of benzene rings is 4. The summed E-state index contributed by atoms with van der Waals surface area (Å²) in [6.45, 7) is 18.7. The summed E-state index contributed by atoms with van der Waals surface area (Å²) in [5.74, 6) is 1.02. The van der Waals surface area contributed by atoms with Crippen LogP contribution in [-0.2, 0) is 17.3 Å². The number of hydrogen-bond donors (Lipinski definition) is 1. The van der Waals surface area contributed by atoms with E-state index in [0.717, 1.165) is 12.2 Å². The van der Waals surface area contributed by atoms with Gasteiger partial charge in [0.25, 0.3) is 0 Å². The van der Waals surface area contributed by atoms with Crippen LogP contribution in [-0.4, -0.2) is 19.6 Å². The third-order valence-corrected chi connectivity index (χ3v) is 17.4. The maximum Gasteiger partial charge on any atom is 0.131 e. The zero-order chi connectivity index (χ0) is 33.4. The van der Waals surface area contributed by atoms with Crippen molar-refractivity contribution in [2.24, 2.45) is 0 Å². The lowest BCUT2D eigenvalue weighted by Crippen LogP contribution is -2.21. The van der Waals surface area contributed by atoms with Gasteiger partial charge in [-0.3, -0.25) is 0 Å². The molecule has 0 heterocycles. The SMILES string of the molecule is COc1c(C(C)(C)C)cc2c(c1-c1ccccc1)C([SH](C)(C)(I)C1C(C)=Cc3c(-c4ccccc4)cc(C(C)(C)C)cc31)=C(C)C2. The van der Waals surface area contributed by atoms with Gasteiger partial charge in [-0.15, -0.1) is 0 Å². The summed E-state index contributed by atoms with van der Waals surface area (Å²) >= 11 is 2.97. The Kier molecular flexibility index (Phi) is 8.04. The molecule has 0 bridgehead atoms. The van der Waals surface area contributed by atoms with E-state index in [-0.39, 0.29) is 10.8 Å². The fourth-order valence-electron chi connectivity index (χ4n) is 8.28. The molecule has 0 N–H and O–H groups in total. The van der Waals surface area contributed by atoms with Crippen molar-refractivity contribution in [3.63, 3.8) is 0 Å². The van der Waals surface area contributed by atoms with E-state index in [1.165, 1.54) is 66.8 Å². The minimum absolute atomic E-state index is 0.0369. The predicted molar refractivity (Wildman–Crippen MR) is 215 cm³/mol. The van der Waals surface area contributed by atoms with E-state index in [1.54, 1.807) is 4.91 Å². The summed E-state index contributed by atoms with van der Waals surface area (Å²) in [5, 5.41) is 0.319. The fourth-order valence-corrected chi connectivity index (χ4v) is 17.1. The summed E-state index contributed by atoms with van der Waals surface area (Å²) in [5.41, 5.74) is 16.6. The first-order valence-corrected chi connectivity index (χ1v) is 22.6. The van der Waals surface area contributed by atoms with Crippen molar-refractivity contribution >= 4 is 38.5 Å². The lowest BCUT2D eigenvalue weighted by molar-refractivity contribution is 0.399. The van der Waals surface area contributed by atoms with Gasteiger partial charge in [-0.25, -0.2) is 6.33 Å². The number of rotatable bonds is 5. The molecule has 242 valence electrons. The average molecular weight is 743 g/mol. The molecule has 2 aliphatic carbocycles. The molecular weight excluding hydrogens is 691 g/mol. The molecule has 0 saturated carbocycles. The summed E-state index contributed by atoms with van der Waals surface area (Å²) in [6.07, 6.45) is 6.02. The molecule has 1 atom stereocenters. The molecular formula is C43H51IOS. The van der Waals surface area contributed by atoms with Crippen molar-refractivity contribution < 1.29 is 4.74 Å². The number of hydrogen-bond acceptors (Lipinski definition) is 1. The van der Waals surface area contributed by atoms with Crippen molar-refractivity contribution in [1.82, 2.24) is 0 Å². The second-order valence-corrected chi connectivity index (χ2v) is 30.3. The summed E-state index contributed by atoms with van der Waals surface area (Å²) in [6, 6.07) is 29.4. The second kappa shape index (κ2) is 11.2. The Balaban J connectivity index is 1.65. The molecule has 1 unspecified atom stereocenters. The highest BCUT2D eigenvalue weighted by Crippen LogP contribution is 2.91. The molecule has 0 saturated heterocycles. The molecule has 0 amide bonds. The molecule has 0 aromatic heterocycles. The van der Waals surface area contributed by atoms with Gasteiger partial charge in [-0.2, -0.15) is 0 Å². The Morgan fingerprint density at radius 3 is 1.89 bits per heavy atom. The second-order valence-electron chi connectivity index (χ2n) is 16.3. The number of thiol groups is 1. The van der Waals surface area contributed by atoms with Gasteiger partial charge in [0.2, 0.25) is 0 Å². The molecule has 6 rings (SSSR count). The third kappa shape index (κ3) is 5.40. The lowest BCUT2D eigenvalue weighted by atomic mass is 9.81. The molecule has 4 aromatic rings. The summed E-state index contributed by atoms with van der Waals surface area (Å²) in [4.78, 5) is 1.58. The highest BCUT2D eigenvalue weighted by atomic mass is 127. The highest BCUT2D eigenvalue weighted by molar-refractivity contribution is 14.2. The van der Waals surface area contributed by atoms with Gasteiger partial charge >= 0.3 is 0 Å². The Bertz CT molecular complexity index is 1910. The van der Waals surface area contributed by atoms with Crippen LogP contribution in [0.5, 0.6) is 5.75 Å². The molecule has 2 aliphatic rings. The summed E-state index contributed by atoms with van der Waals surface area (Å²) < 4.78 is 6.41. The van der Waals surface area contributed by atoms with Crippen LogP contribution in [0.1, 0.15) is 94.0 Å². The van der Waals surface area contributed by atoms with Crippen molar-refractivity contribution in [1.29, 1.82) is 0 Å². The van der Waals surface area contributed by atoms with E-state index in [2.05, 4.69) is 174 Å². The third-order valence-electron chi connectivity index (χ3n) is 10.2. The van der Waals surface area contributed by atoms with Crippen LogP contribution in [0.15, 0.2) is 90.0 Å². The minimum Gasteiger partial charge on any atom is -0.496 e. The first kappa shape index (κ1) is 33.2. The molecule has 0 fully saturated rings. The van der Waals surface area contributed by atoms with Gasteiger partial charge in [-0.1, -0.05) is 138 Å². The minimum atomic E-state index is -2.73. The van der Waals surface area contributed by atoms with E-state index < -0.39 is 6.33 Å². The molecule has 0 radical (unpaired) electrons. The van der Waals surface area contributed by atoms with Crippen LogP contribution in [0.2, 0.25) is 0 Å². The van der Waals surface area contributed by atoms with Crippen molar-refractivity contribution in [3.8, 4) is 28.0 Å². The first-order valence-electron chi connectivity index (χ1n) is 16.6. The van der Waals surface area contributed by atoms with E-state index in [4.69, 9.17) is 4.74 Å². The van der Waals surface area contributed by atoms with E-state index >= 15 is 0 Å². The Labute approximate surface area is 290 Å². The zero-order valence-corrected chi connectivity index (χ0v) is 32.7. The lowest BCUT2D eigenvalue weighted by Gasteiger charge is -2.58. The van der Waals surface area contributed by atoms with Crippen LogP contribution in [0.3, 0.4) is 0 Å². The van der Waals surface area contributed by atoms with Gasteiger partial charge in [0, 0.05) is 21.9 Å². The standard InChI is InChI=1S/C43H51IOS/c1-27-22-31-24-36(43(6,7)8)39(45-9)37(30-20-16-13-17-21-30)38(31)41(27)46(10,11,44)40-28(2)23-34-33(29-18-14-12-15-19-29)25-32(26-35(34)40)42(3,4)5/h12-21,23-26,40,46H,22H2,1-11H3.